The Hall–Kier alpha value is -2.41. The highest BCUT2D eigenvalue weighted by Gasteiger charge is 2.17. The molecule has 23 heavy (non-hydrogen) atoms. The van der Waals surface area contributed by atoms with Crippen LogP contribution in [0.15, 0.2) is 53.5 Å². The summed E-state index contributed by atoms with van der Waals surface area (Å²) in [4.78, 5) is 23.3. The van der Waals surface area contributed by atoms with E-state index in [0.29, 0.717) is 5.56 Å². The third-order valence-corrected chi connectivity index (χ3v) is 4.71. The number of carbonyl (C=O) groups excluding carboxylic acids is 1. The van der Waals surface area contributed by atoms with Gasteiger partial charge in [0.1, 0.15) is 5.75 Å². The van der Waals surface area contributed by atoms with Crippen molar-refractivity contribution in [1.82, 2.24) is 9.88 Å². The molecule has 0 saturated carbocycles. The molecule has 7 heteroatoms. The number of sulfone groups is 1. The fourth-order valence-electron chi connectivity index (χ4n) is 2.03. The number of aromatic nitrogens is 1. The van der Waals surface area contributed by atoms with Crippen molar-refractivity contribution in [1.29, 1.82) is 0 Å². The van der Waals surface area contributed by atoms with Gasteiger partial charge in [-0.05, 0) is 17.2 Å². The Morgan fingerprint density at radius 3 is 2.48 bits per heavy atom. The van der Waals surface area contributed by atoms with Gasteiger partial charge in [-0.25, -0.2) is 8.42 Å². The fraction of sp³-hybridized carbons (Fsp3) is 0.250. The molecule has 0 aliphatic heterocycles. The number of amides is 1. The summed E-state index contributed by atoms with van der Waals surface area (Å²) < 4.78 is 25.4. The summed E-state index contributed by atoms with van der Waals surface area (Å²) in [7, 11) is -2.05. The lowest BCUT2D eigenvalue weighted by Gasteiger charge is -2.07. The number of aryl methyl sites for hydroxylation is 1. The highest BCUT2D eigenvalue weighted by molar-refractivity contribution is 7.91. The van der Waals surface area contributed by atoms with Gasteiger partial charge in [-0.15, -0.1) is 0 Å². The van der Waals surface area contributed by atoms with Crippen LogP contribution in [0.25, 0.3) is 0 Å². The number of benzene rings is 1. The zero-order valence-corrected chi connectivity index (χ0v) is 13.5. The molecule has 0 unspecified atom stereocenters. The van der Waals surface area contributed by atoms with E-state index in [1.54, 1.807) is 13.1 Å². The molecule has 1 amide bonds. The molecule has 1 aromatic heterocycles. The standard InChI is InChI=1S/C16H18N2O4S/c1-18-8-7-14(9-16(18)20)11-23(21,22)12-15(19)17-10-13-5-3-2-4-6-13/h2-9H,10-12H2,1H3,(H,17,19). The second-order valence-corrected chi connectivity index (χ2v) is 7.34. The van der Waals surface area contributed by atoms with Gasteiger partial charge >= 0.3 is 0 Å². The van der Waals surface area contributed by atoms with E-state index in [9.17, 15) is 18.0 Å². The van der Waals surface area contributed by atoms with Gasteiger partial charge in [-0.1, -0.05) is 30.3 Å². The topological polar surface area (TPSA) is 85.2 Å². The van der Waals surface area contributed by atoms with Gasteiger partial charge in [-0.3, -0.25) is 9.59 Å². The van der Waals surface area contributed by atoms with Gasteiger partial charge in [0, 0.05) is 25.9 Å². The first-order chi connectivity index (χ1) is 10.9. The molecular formula is C16H18N2O4S. The third kappa shape index (κ3) is 5.37. The van der Waals surface area contributed by atoms with Crippen molar-refractivity contribution in [3.05, 3.63) is 70.1 Å². The highest BCUT2D eigenvalue weighted by atomic mass is 32.2. The lowest BCUT2D eigenvalue weighted by Crippen LogP contribution is -2.30. The van der Waals surface area contributed by atoms with Gasteiger partial charge in [0.25, 0.3) is 5.56 Å². The molecule has 122 valence electrons. The minimum atomic E-state index is -3.63. The normalized spacial score (nSPS) is 11.2. The second-order valence-electron chi connectivity index (χ2n) is 5.28. The molecule has 1 aromatic carbocycles. The zero-order valence-electron chi connectivity index (χ0n) is 12.7. The molecule has 1 heterocycles. The van der Waals surface area contributed by atoms with Crippen LogP contribution in [-0.2, 0) is 34.0 Å². The number of carbonyl (C=O) groups is 1. The quantitative estimate of drug-likeness (QED) is 0.839. The first-order valence-corrected chi connectivity index (χ1v) is 8.84. The molecule has 6 nitrogen and oxygen atoms in total. The molecule has 0 fully saturated rings. The van der Waals surface area contributed by atoms with E-state index in [1.807, 2.05) is 30.3 Å². The molecule has 2 rings (SSSR count). The first-order valence-electron chi connectivity index (χ1n) is 7.02. The van der Waals surface area contributed by atoms with E-state index in [2.05, 4.69) is 5.32 Å². The lowest BCUT2D eigenvalue weighted by molar-refractivity contribution is -0.118. The number of nitrogens with zero attached hydrogens (tertiary/aromatic N) is 1. The Kier molecular flexibility index (Phi) is 5.33. The Balaban J connectivity index is 1.93. The molecule has 0 saturated heterocycles. The van der Waals surface area contributed by atoms with E-state index in [4.69, 9.17) is 0 Å². The van der Waals surface area contributed by atoms with Crippen molar-refractivity contribution < 1.29 is 13.2 Å². The average molecular weight is 334 g/mol. The molecule has 2 aromatic rings. The van der Waals surface area contributed by atoms with Gasteiger partial charge in [0.2, 0.25) is 5.91 Å². The molecule has 0 radical (unpaired) electrons. The number of rotatable bonds is 6. The summed E-state index contributed by atoms with van der Waals surface area (Å²) in [5, 5.41) is 2.58. The molecule has 0 atom stereocenters. The van der Waals surface area contributed by atoms with Crippen LogP contribution in [0.2, 0.25) is 0 Å². The van der Waals surface area contributed by atoms with Crippen LogP contribution in [0, 0.1) is 0 Å². The maximum absolute atomic E-state index is 12.0. The third-order valence-electron chi connectivity index (χ3n) is 3.24. The summed E-state index contributed by atoms with van der Waals surface area (Å²) in [6.45, 7) is 0.279. The highest BCUT2D eigenvalue weighted by Crippen LogP contribution is 2.04. The van der Waals surface area contributed by atoms with Crippen LogP contribution in [0.1, 0.15) is 11.1 Å². The molecule has 0 aliphatic carbocycles. The molecule has 1 N–H and O–H groups in total. The minimum absolute atomic E-state index is 0.279. The van der Waals surface area contributed by atoms with Gasteiger partial charge in [0.05, 0.1) is 5.75 Å². The Labute approximate surface area is 134 Å². The zero-order chi connectivity index (χ0) is 16.9. The summed E-state index contributed by atoms with van der Waals surface area (Å²) in [6.07, 6.45) is 1.50. The maximum atomic E-state index is 12.0. The number of pyridine rings is 1. The lowest BCUT2D eigenvalue weighted by atomic mass is 10.2. The van der Waals surface area contributed by atoms with Gasteiger partial charge in [0.15, 0.2) is 9.84 Å². The smallest absolute Gasteiger partial charge is 0.250 e. The SMILES string of the molecule is Cn1ccc(CS(=O)(=O)CC(=O)NCc2ccccc2)cc1=O. The monoisotopic (exact) mass is 334 g/mol. The summed E-state index contributed by atoms with van der Waals surface area (Å²) in [6, 6.07) is 12.0. The molecule has 0 bridgehead atoms. The van der Waals surface area contributed by atoms with Crippen LogP contribution in [0.3, 0.4) is 0 Å². The maximum Gasteiger partial charge on any atom is 0.250 e. The number of hydrogen-bond acceptors (Lipinski definition) is 4. The number of nitrogens with one attached hydrogen (secondary N) is 1. The van der Waals surface area contributed by atoms with E-state index < -0.39 is 21.5 Å². The van der Waals surface area contributed by atoms with E-state index in [1.165, 1.54) is 16.8 Å². The average Bonchev–Trinajstić information content (AvgIpc) is 2.49. The fourth-order valence-corrected chi connectivity index (χ4v) is 3.32. The van der Waals surface area contributed by atoms with Crippen molar-refractivity contribution in [2.75, 3.05) is 5.75 Å². The number of hydrogen-bond donors (Lipinski definition) is 1. The molecule has 0 aliphatic rings. The predicted octanol–water partition coefficient (Wildman–Crippen LogP) is 0.616. The summed E-state index contributed by atoms with van der Waals surface area (Å²) >= 11 is 0. The summed E-state index contributed by atoms with van der Waals surface area (Å²) in [5.74, 6) is -1.49. The Morgan fingerprint density at radius 2 is 1.83 bits per heavy atom. The Morgan fingerprint density at radius 1 is 1.13 bits per heavy atom. The summed E-state index contributed by atoms with van der Waals surface area (Å²) in [5.41, 5.74) is 0.986. The van der Waals surface area contributed by atoms with Crippen LogP contribution in [-0.4, -0.2) is 24.6 Å². The second kappa shape index (κ2) is 7.23. The van der Waals surface area contributed by atoms with Crippen molar-refractivity contribution in [2.45, 2.75) is 12.3 Å². The van der Waals surface area contributed by atoms with Crippen molar-refractivity contribution >= 4 is 15.7 Å². The van der Waals surface area contributed by atoms with Crippen LogP contribution >= 0.6 is 0 Å². The van der Waals surface area contributed by atoms with Crippen molar-refractivity contribution in [3.8, 4) is 0 Å². The van der Waals surface area contributed by atoms with Gasteiger partial charge < -0.3 is 9.88 Å². The predicted molar refractivity (Wildman–Crippen MR) is 87.5 cm³/mol. The van der Waals surface area contributed by atoms with Crippen LogP contribution in [0.5, 0.6) is 0 Å². The van der Waals surface area contributed by atoms with Crippen molar-refractivity contribution in [2.24, 2.45) is 7.05 Å². The van der Waals surface area contributed by atoms with E-state index in [-0.39, 0.29) is 17.9 Å². The largest absolute Gasteiger partial charge is 0.351 e. The first kappa shape index (κ1) is 17.0. The minimum Gasteiger partial charge on any atom is -0.351 e. The molecule has 0 spiro atoms. The van der Waals surface area contributed by atoms with Crippen LogP contribution in [0.4, 0.5) is 0 Å². The Bertz CT molecular complexity index is 842. The van der Waals surface area contributed by atoms with E-state index in [0.717, 1.165) is 5.56 Å². The van der Waals surface area contributed by atoms with Crippen molar-refractivity contribution in [3.63, 3.8) is 0 Å². The van der Waals surface area contributed by atoms with Gasteiger partial charge in [-0.2, -0.15) is 0 Å². The van der Waals surface area contributed by atoms with E-state index >= 15 is 0 Å². The molecular weight excluding hydrogens is 316 g/mol. The van der Waals surface area contributed by atoms with Crippen LogP contribution < -0.4 is 10.9 Å².